The third kappa shape index (κ3) is 40.5. The van der Waals surface area contributed by atoms with Crippen LogP contribution in [0.2, 0.25) is 0 Å². The molecule has 0 aliphatic rings. The first-order valence-electron chi connectivity index (χ1n) is 34.1. The fraction of sp³-hybridized carbons (Fsp3) is 0.183. The Bertz CT molecular complexity index is 5290. The van der Waals surface area contributed by atoms with Gasteiger partial charge in [0.15, 0.2) is 52.2 Å². The fourth-order valence-electron chi connectivity index (χ4n) is 8.79. The summed E-state index contributed by atoms with van der Waals surface area (Å²) in [7, 11) is 0. The van der Waals surface area contributed by atoms with Crippen molar-refractivity contribution in [2.75, 3.05) is 0 Å². The Balaban J connectivity index is 0. The van der Waals surface area contributed by atoms with Gasteiger partial charge in [-0.25, -0.2) is 17.6 Å². The van der Waals surface area contributed by atoms with Crippen molar-refractivity contribution >= 4 is 62.0 Å². The van der Waals surface area contributed by atoms with Gasteiger partial charge in [-0.2, -0.15) is 26.3 Å². The Morgan fingerprint density at radius 1 is 0.336 bits per heavy atom. The molecule has 10 aromatic heterocycles. The number of hydrogen-bond donors (Lipinski definition) is 5. The molecule has 40 heteroatoms. The van der Waals surface area contributed by atoms with Gasteiger partial charge in [-0.05, 0) is 207 Å². The van der Waals surface area contributed by atoms with Gasteiger partial charge in [0.25, 0.3) is 0 Å². The third-order valence-electron chi connectivity index (χ3n) is 13.4. The summed E-state index contributed by atoms with van der Waals surface area (Å²) < 4.78 is 128. The molecule has 13 aromatic rings. The molecule has 0 amide bonds. The van der Waals surface area contributed by atoms with Gasteiger partial charge >= 0.3 is 12.4 Å². The molecule has 5 radical (unpaired) electrons. The van der Waals surface area contributed by atoms with E-state index in [9.17, 15) is 67.9 Å². The minimum absolute atomic E-state index is 0. The molecule has 3 aromatic carbocycles. The molecular formula is C82H76F10Ir5N15O10-5. The Hall–Kier alpha value is -11.2. The zero-order chi connectivity index (χ0) is 87.4. The van der Waals surface area contributed by atoms with Gasteiger partial charge in [0.1, 0.15) is 0 Å². The van der Waals surface area contributed by atoms with Crippen LogP contribution in [0.4, 0.5) is 43.9 Å². The molecule has 0 atom stereocenters. The van der Waals surface area contributed by atoms with Crippen molar-refractivity contribution in [2.24, 2.45) is 0 Å². The molecule has 0 bridgehead atoms. The molecule has 0 saturated carbocycles. The molecule has 0 spiro atoms. The molecule has 0 aliphatic heterocycles. The SMILES string of the molecule is CC(=O)C=C(C)O.CC(=O)C=C(C)O.CC(=O)C=C(C)O.CC(=O)C=C(C)O.CC(=O)C=C(C)O.Cc1ccnc(-c2nc3ccccc3[n-]2)c1.Cc1nc(-c2ccccn2)[n-]c1C.FC(F)(F)c1nc(-c2ccccn2)[n-]c1C(F)(F)F.Fc1c(F)c(F)c2[n-]c(-c3ccccn3)nc2c1F.[Ir].[Ir].[Ir].[Ir].[Ir].c1ccc(-c2nc3ccccc3[n-]2)nc1. The van der Waals surface area contributed by atoms with Crippen molar-refractivity contribution in [3.8, 4) is 57.6 Å². The van der Waals surface area contributed by atoms with Crippen molar-refractivity contribution in [1.82, 2.24) is 74.8 Å². The summed E-state index contributed by atoms with van der Waals surface area (Å²) >= 11 is 0. The molecule has 122 heavy (non-hydrogen) atoms. The van der Waals surface area contributed by atoms with Gasteiger partial charge in [-0.3, -0.25) is 48.9 Å². The van der Waals surface area contributed by atoms with Crippen LogP contribution in [-0.2, 0) is 137 Å². The second kappa shape index (κ2) is 55.7. The maximum absolute atomic E-state index is 13.5. The minimum Gasteiger partial charge on any atom is -0.512 e. The Labute approximate surface area is 760 Å². The van der Waals surface area contributed by atoms with E-state index >= 15 is 0 Å². The van der Waals surface area contributed by atoms with Crippen LogP contribution < -0.4 is 24.9 Å². The first kappa shape index (κ1) is 113. The summed E-state index contributed by atoms with van der Waals surface area (Å²) in [6, 6.07) is 39.9. The average molecular weight is 2580 g/mol. The molecule has 659 valence electrons. The van der Waals surface area contributed by atoms with Crippen molar-refractivity contribution in [3.05, 3.63) is 275 Å². The molecule has 0 aliphatic carbocycles. The van der Waals surface area contributed by atoms with Gasteiger partial charge in [0.05, 0.1) is 57.3 Å². The predicted molar refractivity (Wildman–Crippen MR) is 416 cm³/mol. The smallest absolute Gasteiger partial charge is 0.412 e. The number of carbonyl (C=O) groups excluding carboxylic acids is 5. The first-order chi connectivity index (χ1) is 54.9. The summed E-state index contributed by atoms with van der Waals surface area (Å²) in [5.41, 5.74) is 3.92. The zero-order valence-electron chi connectivity index (χ0n) is 66.4. The number of fused-ring (bicyclic) bond motifs is 3. The van der Waals surface area contributed by atoms with E-state index in [1.807, 2.05) is 118 Å². The number of benzene rings is 3. The molecule has 0 unspecified atom stereocenters. The second-order valence-corrected chi connectivity index (χ2v) is 24.1. The summed E-state index contributed by atoms with van der Waals surface area (Å²) in [5, 5.41) is 41.8. The maximum atomic E-state index is 13.5. The number of aromatic nitrogens is 15. The van der Waals surface area contributed by atoms with Crippen molar-refractivity contribution < 1.29 is 194 Å². The van der Waals surface area contributed by atoms with Gasteiger partial charge in [0, 0.05) is 184 Å². The van der Waals surface area contributed by atoms with E-state index < -0.39 is 63.9 Å². The number of aryl methyl sites for hydroxylation is 3. The summed E-state index contributed by atoms with van der Waals surface area (Å²) in [4.78, 5) is 110. The van der Waals surface area contributed by atoms with E-state index in [4.69, 9.17) is 25.5 Å². The zero-order valence-corrected chi connectivity index (χ0v) is 78.4. The van der Waals surface area contributed by atoms with Crippen molar-refractivity contribution in [1.29, 1.82) is 0 Å². The normalized spacial score (nSPS) is 10.8. The Kier molecular flexibility index (Phi) is 51.5. The van der Waals surface area contributed by atoms with Gasteiger partial charge < -0.3 is 75.4 Å². The molecule has 13 rings (SSSR count). The van der Waals surface area contributed by atoms with Crippen LogP contribution in [0.15, 0.2) is 224 Å². The summed E-state index contributed by atoms with van der Waals surface area (Å²) in [6.07, 6.45) is 3.30. The van der Waals surface area contributed by atoms with Gasteiger partial charge in [-0.15, -0.1) is 0 Å². The standard InChI is InChI=1S/C13H10N3.C12H4F4N3.C12H8N3.C10H4F6N3.C10H10N3.5C5H8O2.5Ir/c1-9-6-7-14-12(8-9)13-15-10-4-2-3-5-11(10)16-13;13-6-7(14)9(16)11-10(8(6)15)18-12(19-11)5-3-1-2-4-17-5;1-2-6-10-9(5-1)14-12(15-10)11-7-3-4-8-13-11;11-9(12,13)6-7(10(14,15)16)19-8(18-6)5-3-1-2-4-17-5;1-7-8(2)13-10(12-7)9-5-3-4-6-11-9;5*1-4(6)3-5(2)7;;;;;/h2-8H,1H3;1-4H;1-8H;1-4H;3-6H,1-2H3;5*3,6H,1-2H3;;;;;/q5*-1;;;;;;;;;;. The number of aliphatic hydroxyl groups excluding tert-OH is 5. The van der Waals surface area contributed by atoms with Crippen molar-refractivity contribution in [3.63, 3.8) is 0 Å². The van der Waals surface area contributed by atoms with Crippen molar-refractivity contribution in [2.45, 2.75) is 102 Å². The van der Waals surface area contributed by atoms with Crippen LogP contribution >= 0.6 is 0 Å². The predicted octanol–water partition coefficient (Wildman–Crippen LogP) is 17.7. The molecular weight excluding hydrogens is 2510 g/mol. The van der Waals surface area contributed by atoms with E-state index in [0.29, 0.717) is 11.6 Å². The molecule has 5 N–H and O–H groups in total. The molecule has 0 fully saturated rings. The first-order valence-corrected chi connectivity index (χ1v) is 34.1. The quantitative estimate of drug-likeness (QED) is 0.0279. The number of para-hydroxylation sites is 4. The second-order valence-electron chi connectivity index (χ2n) is 24.1. The summed E-state index contributed by atoms with van der Waals surface area (Å²) in [6.45, 7) is 20.2. The van der Waals surface area contributed by atoms with Crippen LogP contribution in [0.25, 0.3) is 90.7 Å². The van der Waals surface area contributed by atoms with Crippen LogP contribution in [0.3, 0.4) is 0 Å². The van der Waals surface area contributed by atoms with Gasteiger partial charge in [0.2, 0.25) is 0 Å². The third-order valence-corrected chi connectivity index (χ3v) is 13.4. The van der Waals surface area contributed by atoms with Crippen LogP contribution in [-0.4, -0.2) is 104 Å². The van der Waals surface area contributed by atoms with E-state index in [1.165, 1.54) is 142 Å². The Morgan fingerprint density at radius 3 is 0.926 bits per heavy atom. The molecule has 0 saturated heterocycles. The maximum Gasteiger partial charge on any atom is 0.412 e. The van der Waals surface area contributed by atoms with Gasteiger partial charge in [-0.1, -0.05) is 84.2 Å². The van der Waals surface area contributed by atoms with E-state index in [0.717, 1.165) is 56.4 Å². The average Bonchev–Trinajstić information content (AvgIpc) is 1.63. The van der Waals surface area contributed by atoms with E-state index in [2.05, 4.69) is 74.8 Å². The molecule has 25 nitrogen and oxygen atoms in total. The van der Waals surface area contributed by atoms with E-state index in [-0.39, 0.29) is 175 Å². The molecule has 10 heterocycles. The number of nitrogens with zero attached hydrogens (tertiary/aromatic N) is 15. The Morgan fingerprint density at radius 2 is 0.648 bits per heavy atom. The number of pyridine rings is 5. The largest absolute Gasteiger partial charge is 0.512 e. The number of ketones is 5. The number of hydrogen-bond acceptors (Lipinski definition) is 20. The van der Waals surface area contributed by atoms with E-state index in [1.54, 1.807) is 30.7 Å². The number of alkyl halides is 6. The van der Waals surface area contributed by atoms with Crippen LogP contribution in [0, 0.1) is 44.0 Å². The van der Waals surface area contributed by atoms with Crippen LogP contribution in [0.5, 0.6) is 0 Å². The number of imidazole rings is 5. The minimum atomic E-state index is -5.23. The monoisotopic (exact) mass is 2590 g/mol. The summed E-state index contributed by atoms with van der Waals surface area (Å²) in [5.74, 6) is -5.95. The fourth-order valence-corrected chi connectivity index (χ4v) is 8.79. The number of allylic oxidation sites excluding steroid dienone is 10. The topological polar surface area (TPSA) is 386 Å². The number of carbonyl (C=O) groups is 5. The number of rotatable bonds is 10. The number of halogens is 10. The number of aliphatic hydroxyl groups is 5. The van der Waals surface area contributed by atoms with Crippen LogP contribution in [0.1, 0.15) is 97.6 Å².